The van der Waals surface area contributed by atoms with Crippen molar-refractivity contribution in [1.82, 2.24) is 4.57 Å². The molecule has 1 aromatic carbocycles. The van der Waals surface area contributed by atoms with Gasteiger partial charge in [0.25, 0.3) is 0 Å². The van der Waals surface area contributed by atoms with Gasteiger partial charge >= 0.3 is 0 Å². The Morgan fingerprint density at radius 1 is 1.50 bits per heavy atom. The first-order valence-corrected chi connectivity index (χ1v) is 5.51. The van der Waals surface area contributed by atoms with E-state index in [-0.39, 0.29) is 6.54 Å². The Labute approximate surface area is 99.4 Å². The van der Waals surface area contributed by atoms with Crippen molar-refractivity contribution >= 4 is 22.5 Å². The second-order valence-corrected chi connectivity index (χ2v) is 4.73. The van der Waals surface area contributed by atoms with Gasteiger partial charge in [-0.3, -0.25) is 0 Å². The summed E-state index contributed by atoms with van der Waals surface area (Å²) in [5.74, 6) is 0. The van der Waals surface area contributed by atoms with Gasteiger partial charge in [0.05, 0.1) is 0 Å². The molecule has 0 aliphatic rings. The summed E-state index contributed by atoms with van der Waals surface area (Å²) in [7, 11) is 1.93. The minimum Gasteiger partial charge on any atom is -0.384 e. The molecule has 0 radical (unpaired) electrons. The summed E-state index contributed by atoms with van der Waals surface area (Å²) >= 11 is 5.95. The number of fused-ring (bicyclic) bond motifs is 1. The first kappa shape index (κ1) is 11.5. The van der Waals surface area contributed by atoms with E-state index in [0.717, 1.165) is 16.5 Å². The van der Waals surface area contributed by atoms with E-state index in [4.69, 9.17) is 17.3 Å². The highest BCUT2D eigenvalue weighted by molar-refractivity contribution is 6.31. The summed E-state index contributed by atoms with van der Waals surface area (Å²) in [5.41, 5.74) is 6.41. The number of aliphatic hydroxyl groups is 1. The molecule has 16 heavy (non-hydrogen) atoms. The monoisotopic (exact) mass is 238 g/mol. The lowest BCUT2D eigenvalue weighted by Gasteiger charge is -2.20. The van der Waals surface area contributed by atoms with Crippen LogP contribution >= 0.6 is 11.6 Å². The predicted octanol–water partition coefficient (Wildman–Crippen LogP) is 2.00. The summed E-state index contributed by atoms with van der Waals surface area (Å²) in [6.45, 7) is 1.91. The van der Waals surface area contributed by atoms with Crippen LogP contribution in [0.5, 0.6) is 0 Å². The maximum atomic E-state index is 10.2. The Hall–Kier alpha value is -1.03. The van der Waals surface area contributed by atoms with Crippen LogP contribution in [0, 0.1) is 0 Å². The molecule has 0 bridgehead atoms. The van der Waals surface area contributed by atoms with E-state index < -0.39 is 5.60 Å². The van der Waals surface area contributed by atoms with Crippen LogP contribution in [-0.4, -0.2) is 16.2 Å². The third-order valence-corrected chi connectivity index (χ3v) is 3.17. The smallest absolute Gasteiger partial charge is 0.101 e. The van der Waals surface area contributed by atoms with Crippen LogP contribution < -0.4 is 5.73 Å². The Bertz CT molecular complexity index is 531. The minimum absolute atomic E-state index is 0.189. The Morgan fingerprint density at radius 2 is 2.19 bits per heavy atom. The summed E-state index contributed by atoms with van der Waals surface area (Å²) in [4.78, 5) is 0. The highest BCUT2D eigenvalue weighted by Crippen LogP contribution is 2.30. The molecular formula is C12H15ClN2O. The van der Waals surface area contributed by atoms with Crippen molar-refractivity contribution in [1.29, 1.82) is 0 Å². The Kier molecular flexibility index (Phi) is 2.70. The number of nitrogens with zero attached hydrogens (tertiary/aromatic N) is 1. The lowest BCUT2D eigenvalue weighted by atomic mass is 9.96. The molecular weight excluding hydrogens is 224 g/mol. The third kappa shape index (κ3) is 1.71. The van der Waals surface area contributed by atoms with Crippen molar-refractivity contribution in [2.75, 3.05) is 6.54 Å². The molecule has 0 fully saturated rings. The number of nitrogens with two attached hydrogens (primary N) is 1. The van der Waals surface area contributed by atoms with Crippen molar-refractivity contribution in [3.05, 3.63) is 35.0 Å². The van der Waals surface area contributed by atoms with E-state index in [2.05, 4.69) is 0 Å². The Balaban J connectivity index is 2.73. The van der Waals surface area contributed by atoms with Gasteiger partial charge in [-0.2, -0.15) is 0 Å². The van der Waals surface area contributed by atoms with Crippen molar-refractivity contribution in [3.63, 3.8) is 0 Å². The van der Waals surface area contributed by atoms with E-state index in [0.29, 0.717) is 5.02 Å². The van der Waals surface area contributed by atoms with E-state index in [1.165, 1.54) is 0 Å². The van der Waals surface area contributed by atoms with Gasteiger partial charge in [-0.25, -0.2) is 0 Å². The predicted molar refractivity (Wildman–Crippen MR) is 66.6 cm³/mol. The standard InChI is InChI=1S/C12H15ClN2O/c1-12(16,7-14)10-6-15(2)11-5-8(13)3-4-9(10)11/h3-6,16H,7,14H2,1-2H3. The number of halogens is 1. The van der Waals surface area contributed by atoms with Gasteiger partial charge in [-0.05, 0) is 19.1 Å². The lowest BCUT2D eigenvalue weighted by Crippen LogP contribution is -2.31. The van der Waals surface area contributed by atoms with Gasteiger partial charge in [0, 0.05) is 41.3 Å². The van der Waals surface area contributed by atoms with Crippen LogP contribution in [0.4, 0.5) is 0 Å². The third-order valence-electron chi connectivity index (χ3n) is 2.93. The van der Waals surface area contributed by atoms with Gasteiger partial charge < -0.3 is 15.4 Å². The molecule has 0 amide bonds. The maximum Gasteiger partial charge on any atom is 0.101 e. The molecule has 86 valence electrons. The van der Waals surface area contributed by atoms with Gasteiger partial charge in [-0.1, -0.05) is 17.7 Å². The first-order chi connectivity index (χ1) is 7.45. The number of aromatic nitrogens is 1. The molecule has 0 spiro atoms. The number of hydrogen-bond acceptors (Lipinski definition) is 2. The molecule has 1 atom stereocenters. The molecule has 2 rings (SSSR count). The molecule has 1 heterocycles. The van der Waals surface area contributed by atoms with Gasteiger partial charge in [-0.15, -0.1) is 0 Å². The van der Waals surface area contributed by atoms with Gasteiger partial charge in [0.2, 0.25) is 0 Å². The summed E-state index contributed by atoms with van der Waals surface area (Å²) < 4.78 is 1.95. The molecule has 3 nitrogen and oxygen atoms in total. The average Bonchev–Trinajstić information content (AvgIpc) is 2.57. The normalized spacial score (nSPS) is 15.3. The molecule has 3 N–H and O–H groups in total. The average molecular weight is 239 g/mol. The van der Waals surface area contributed by atoms with Crippen LogP contribution in [0.15, 0.2) is 24.4 Å². The molecule has 0 aliphatic carbocycles. The minimum atomic E-state index is -1.01. The topological polar surface area (TPSA) is 51.2 Å². The van der Waals surface area contributed by atoms with Gasteiger partial charge in [0.1, 0.15) is 5.60 Å². The van der Waals surface area contributed by atoms with Crippen LogP contribution in [0.3, 0.4) is 0 Å². The summed E-state index contributed by atoms with van der Waals surface area (Å²) in [6.07, 6.45) is 1.90. The SMILES string of the molecule is Cn1cc(C(C)(O)CN)c2ccc(Cl)cc21. The van der Waals surface area contributed by atoms with E-state index >= 15 is 0 Å². The van der Waals surface area contributed by atoms with Crippen molar-refractivity contribution in [2.24, 2.45) is 12.8 Å². The maximum absolute atomic E-state index is 10.2. The molecule has 1 unspecified atom stereocenters. The molecule has 1 aromatic heterocycles. The van der Waals surface area contributed by atoms with Crippen molar-refractivity contribution < 1.29 is 5.11 Å². The van der Waals surface area contributed by atoms with E-state index in [9.17, 15) is 5.11 Å². The first-order valence-electron chi connectivity index (χ1n) is 5.13. The zero-order chi connectivity index (χ0) is 11.9. The molecule has 0 saturated heterocycles. The largest absolute Gasteiger partial charge is 0.384 e. The highest BCUT2D eigenvalue weighted by atomic mass is 35.5. The van der Waals surface area contributed by atoms with Crippen molar-refractivity contribution in [3.8, 4) is 0 Å². The van der Waals surface area contributed by atoms with E-state index in [1.807, 2.05) is 36.0 Å². The number of aryl methyl sites for hydroxylation is 1. The van der Waals surface area contributed by atoms with Crippen LogP contribution in [0.1, 0.15) is 12.5 Å². The zero-order valence-corrected chi connectivity index (χ0v) is 10.1. The van der Waals surface area contributed by atoms with Crippen LogP contribution in [0.25, 0.3) is 10.9 Å². The number of rotatable bonds is 2. The molecule has 2 aromatic rings. The van der Waals surface area contributed by atoms with Crippen molar-refractivity contribution in [2.45, 2.75) is 12.5 Å². The molecule has 0 aliphatic heterocycles. The Morgan fingerprint density at radius 3 is 2.81 bits per heavy atom. The second kappa shape index (κ2) is 3.77. The molecule has 0 saturated carbocycles. The highest BCUT2D eigenvalue weighted by Gasteiger charge is 2.25. The lowest BCUT2D eigenvalue weighted by molar-refractivity contribution is 0.0682. The van der Waals surface area contributed by atoms with Crippen LogP contribution in [-0.2, 0) is 12.6 Å². The second-order valence-electron chi connectivity index (χ2n) is 4.29. The van der Waals surface area contributed by atoms with Crippen LogP contribution in [0.2, 0.25) is 5.02 Å². The fourth-order valence-electron chi connectivity index (χ4n) is 1.90. The summed E-state index contributed by atoms with van der Waals surface area (Å²) in [6, 6.07) is 5.62. The quantitative estimate of drug-likeness (QED) is 0.841. The number of hydrogen-bond donors (Lipinski definition) is 2. The zero-order valence-electron chi connectivity index (χ0n) is 9.37. The molecule has 4 heteroatoms. The fraction of sp³-hybridized carbons (Fsp3) is 0.333. The summed E-state index contributed by atoms with van der Waals surface area (Å²) in [5, 5.41) is 11.9. The van der Waals surface area contributed by atoms with Gasteiger partial charge in [0.15, 0.2) is 0 Å². The fourth-order valence-corrected chi connectivity index (χ4v) is 2.06. The number of benzene rings is 1. The van der Waals surface area contributed by atoms with E-state index in [1.54, 1.807) is 6.92 Å².